The van der Waals surface area contributed by atoms with Crippen molar-refractivity contribution in [2.45, 2.75) is 11.7 Å². The lowest BCUT2D eigenvalue weighted by molar-refractivity contribution is 0.215. The normalized spacial score (nSPS) is 18.5. The Morgan fingerprint density at radius 3 is 2.65 bits per heavy atom. The van der Waals surface area contributed by atoms with Crippen molar-refractivity contribution < 1.29 is 13.6 Å². The van der Waals surface area contributed by atoms with Crippen LogP contribution in [0.15, 0.2) is 35.7 Å². The van der Waals surface area contributed by atoms with E-state index in [2.05, 4.69) is 11.4 Å². The number of amides is 2. The van der Waals surface area contributed by atoms with E-state index in [1.807, 2.05) is 23.2 Å². The summed E-state index contributed by atoms with van der Waals surface area (Å²) in [6.45, 7) is 1.13. The molecular weight excluding hydrogens is 338 g/mol. The van der Waals surface area contributed by atoms with Crippen molar-refractivity contribution in [1.29, 1.82) is 0 Å². The zero-order chi connectivity index (χ0) is 16.2. The van der Waals surface area contributed by atoms with Gasteiger partial charge < -0.3 is 10.2 Å². The third-order valence-corrected chi connectivity index (χ3v) is 6.13. The van der Waals surface area contributed by atoms with Gasteiger partial charge in [-0.25, -0.2) is 13.6 Å². The molecule has 0 bridgehead atoms. The Labute approximate surface area is 141 Å². The highest BCUT2D eigenvalue weighted by Crippen LogP contribution is 2.36. The van der Waals surface area contributed by atoms with Crippen molar-refractivity contribution in [2.24, 2.45) is 0 Å². The van der Waals surface area contributed by atoms with Crippen LogP contribution in [0.3, 0.4) is 0 Å². The largest absolute Gasteiger partial charge is 0.324 e. The summed E-state index contributed by atoms with van der Waals surface area (Å²) in [4.78, 5) is 15.2. The molecule has 0 radical (unpaired) electrons. The number of urea groups is 1. The van der Waals surface area contributed by atoms with Gasteiger partial charge in [-0.3, -0.25) is 0 Å². The molecule has 23 heavy (non-hydrogen) atoms. The van der Waals surface area contributed by atoms with Crippen LogP contribution < -0.4 is 5.32 Å². The maximum atomic E-state index is 13.6. The predicted molar refractivity (Wildman–Crippen MR) is 91.1 cm³/mol. The average molecular weight is 354 g/mol. The molecule has 2 heterocycles. The van der Waals surface area contributed by atoms with Crippen LogP contribution in [0.4, 0.5) is 19.3 Å². The van der Waals surface area contributed by atoms with E-state index in [0.29, 0.717) is 18.3 Å². The molecule has 1 aromatic heterocycles. The van der Waals surface area contributed by atoms with Crippen molar-refractivity contribution in [3.63, 3.8) is 0 Å². The van der Waals surface area contributed by atoms with E-state index in [4.69, 9.17) is 0 Å². The molecule has 2 amide bonds. The highest BCUT2D eigenvalue weighted by Gasteiger charge is 2.23. The molecule has 1 fully saturated rings. The Morgan fingerprint density at radius 2 is 1.96 bits per heavy atom. The SMILES string of the molecule is O=C(Nc1c(F)cccc1F)N1CCSC(c2cccs2)CC1. The highest BCUT2D eigenvalue weighted by atomic mass is 32.2. The summed E-state index contributed by atoms with van der Waals surface area (Å²) in [5, 5.41) is 4.78. The van der Waals surface area contributed by atoms with Crippen molar-refractivity contribution in [3.8, 4) is 0 Å². The predicted octanol–water partition coefficient (Wildman–Crippen LogP) is 4.74. The van der Waals surface area contributed by atoms with Gasteiger partial charge in [-0.1, -0.05) is 12.1 Å². The molecule has 1 saturated heterocycles. The first kappa shape index (κ1) is 16.3. The molecule has 0 spiro atoms. The number of rotatable bonds is 2. The fourth-order valence-electron chi connectivity index (χ4n) is 2.48. The van der Waals surface area contributed by atoms with Gasteiger partial charge in [0.05, 0.1) is 0 Å². The minimum Gasteiger partial charge on any atom is -0.324 e. The van der Waals surface area contributed by atoms with Crippen molar-refractivity contribution in [2.75, 3.05) is 24.2 Å². The number of carbonyl (C=O) groups excluding carboxylic acids is 1. The fourth-order valence-corrected chi connectivity index (χ4v) is 4.72. The monoisotopic (exact) mass is 354 g/mol. The number of carbonyl (C=O) groups is 1. The van der Waals surface area contributed by atoms with E-state index in [0.717, 1.165) is 24.3 Å². The van der Waals surface area contributed by atoms with Crippen LogP contribution in [0.25, 0.3) is 0 Å². The van der Waals surface area contributed by atoms with Gasteiger partial charge in [-0.2, -0.15) is 11.8 Å². The molecule has 1 N–H and O–H groups in total. The molecule has 3 rings (SSSR count). The van der Waals surface area contributed by atoms with E-state index < -0.39 is 17.7 Å². The molecule has 0 aliphatic carbocycles. The Balaban J connectivity index is 1.64. The summed E-state index contributed by atoms with van der Waals surface area (Å²) in [5.41, 5.74) is -0.385. The van der Waals surface area contributed by atoms with Crippen molar-refractivity contribution in [3.05, 3.63) is 52.2 Å². The number of nitrogens with one attached hydrogen (secondary N) is 1. The van der Waals surface area contributed by atoms with Crippen molar-refractivity contribution in [1.82, 2.24) is 4.90 Å². The quantitative estimate of drug-likeness (QED) is 0.845. The van der Waals surface area contributed by atoms with E-state index in [-0.39, 0.29) is 5.69 Å². The first-order valence-electron chi connectivity index (χ1n) is 7.30. The molecular formula is C16H16F2N2OS2. The minimum absolute atomic E-state index is 0.373. The van der Waals surface area contributed by atoms with Gasteiger partial charge in [0.1, 0.15) is 17.3 Å². The molecule has 1 aromatic carbocycles. The van der Waals surface area contributed by atoms with Gasteiger partial charge in [0.25, 0.3) is 0 Å². The Bertz CT molecular complexity index is 658. The zero-order valence-corrected chi connectivity index (χ0v) is 13.9. The Morgan fingerprint density at radius 1 is 1.17 bits per heavy atom. The second kappa shape index (κ2) is 7.31. The third-order valence-electron chi connectivity index (χ3n) is 3.68. The number of thioether (sulfide) groups is 1. The topological polar surface area (TPSA) is 32.3 Å². The van der Waals surface area contributed by atoms with Crippen LogP contribution in [0.5, 0.6) is 0 Å². The first-order chi connectivity index (χ1) is 11.1. The standard InChI is InChI=1S/C16H16F2N2OS2/c17-11-3-1-4-12(18)15(11)19-16(21)20-7-6-14(23-10-8-20)13-5-2-9-22-13/h1-5,9,14H,6-8,10H2,(H,19,21). The second-order valence-corrected chi connectivity index (χ2v) is 7.47. The van der Waals surface area contributed by atoms with E-state index in [1.165, 1.54) is 10.9 Å². The van der Waals surface area contributed by atoms with Crippen molar-refractivity contribution >= 4 is 34.8 Å². The Kier molecular flexibility index (Phi) is 5.17. The van der Waals surface area contributed by atoms with E-state index >= 15 is 0 Å². The molecule has 2 aromatic rings. The van der Waals surface area contributed by atoms with Gasteiger partial charge >= 0.3 is 6.03 Å². The van der Waals surface area contributed by atoms with Gasteiger partial charge in [0, 0.05) is 29.0 Å². The maximum absolute atomic E-state index is 13.6. The summed E-state index contributed by atoms with van der Waals surface area (Å²) in [7, 11) is 0. The molecule has 1 atom stereocenters. The van der Waals surface area contributed by atoms with Crippen LogP contribution in [-0.4, -0.2) is 29.8 Å². The number of hydrogen-bond donors (Lipinski definition) is 1. The molecule has 1 aliphatic heterocycles. The number of halogens is 2. The molecule has 7 heteroatoms. The zero-order valence-electron chi connectivity index (χ0n) is 12.3. The molecule has 122 valence electrons. The van der Waals surface area contributed by atoms with Crippen LogP contribution >= 0.6 is 23.1 Å². The van der Waals surface area contributed by atoms with E-state index in [9.17, 15) is 13.6 Å². The third kappa shape index (κ3) is 3.84. The highest BCUT2D eigenvalue weighted by molar-refractivity contribution is 7.99. The molecule has 3 nitrogen and oxygen atoms in total. The van der Waals surface area contributed by atoms with Gasteiger partial charge in [-0.05, 0) is 30.0 Å². The minimum atomic E-state index is -0.765. The number of hydrogen-bond acceptors (Lipinski definition) is 3. The summed E-state index contributed by atoms with van der Waals surface area (Å²) in [6.07, 6.45) is 0.832. The number of para-hydroxylation sites is 1. The van der Waals surface area contributed by atoms with Crippen LogP contribution in [0.2, 0.25) is 0 Å². The first-order valence-corrected chi connectivity index (χ1v) is 9.23. The molecule has 1 aliphatic rings. The summed E-state index contributed by atoms with van der Waals surface area (Å²) < 4.78 is 27.3. The summed E-state index contributed by atoms with van der Waals surface area (Å²) in [6, 6.07) is 7.20. The number of benzene rings is 1. The average Bonchev–Trinajstić information content (AvgIpc) is 2.95. The number of thiophene rings is 1. The molecule has 1 unspecified atom stereocenters. The smallest absolute Gasteiger partial charge is 0.322 e. The number of anilines is 1. The van der Waals surface area contributed by atoms with Crippen LogP contribution in [0, 0.1) is 11.6 Å². The maximum Gasteiger partial charge on any atom is 0.322 e. The van der Waals surface area contributed by atoms with Gasteiger partial charge in [0.2, 0.25) is 0 Å². The lowest BCUT2D eigenvalue weighted by Gasteiger charge is -2.21. The fraction of sp³-hybridized carbons (Fsp3) is 0.312. The molecule has 0 saturated carbocycles. The van der Waals surface area contributed by atoms with Crippen LogP contribution in [0.1, 0.15) is 16.5 Å². The lowest BCUT2D eigenvalue weighted by atomic mass is 10.2. The van der Waals surface area contributed by atoms with Gasteiger partial charge in [-0.15, -0.1) is 11.3 Å². The van der Waals surface area contributed by atoms with Crippen LogP contribution in [-0.2, 0) is 0 Å². The second-order valence-electron chi connectivity index (χ2n) is 5.18. The van der Waals surface area contributed by atoms with E-state index in [1.54, 1.807) is 16.2 Å². The Hall–Kier alpha value is -1.60. The number of nitrogens with zero attached hydrogens (tertiary/aromatic N) is 1. The van der Waals surface area contributed by atoms with Gasteiger partial charge in [0.15, 0.2) is 0 Å². The summed E-state index contributed by atoms with van der Waals surface area (Å²) >= 11 is 3.53. The summed E-state index contributed by atoms with van der Waals surface area (Å²) in [5.74, 6) is -0.728. The lowest BCUT2D eigenvalue weighted by Crippen LogP contribution is -2.37.